The molecule has 0 bridgehead atoms. The van der Waals surface area contributed by atoms with E-state index in [9.17, 15) is 10.2 Å². The van der Waals surface area contributed by atoms with Crippen molar-refractivity contribution >= 4 is 0 Å². The van der Waals surface area contributed by atoms with E-state index in [2.05, 4.69) is 10.2 Å². The summed E-state index contributed by atoms with van der Waals surface area (Å²) >= 11 is 0. The maximum Gasteiger partial charge on any atom is 0.124 e. The minimum atomic E-state index is 0.0525. The van der Waals surface area contributed by atoms with Gasteiger partial charge in [-0.2, -0.15) is 0 Å². The first-order valence-electron chi connectivity index (χ1n) is 7.03. The summed E-state index contributed by atoms with van der Waals surface area (Å²) in [6.07, 6.45) is 2.33. The van der Waals surface area contributed by atoms with Crippen LogP contribution in [-0.4, -0.2) is 41.8 Å². The Kier molecular flexibility index (Phi) is 4.66. The molecule has 0 aliphatic carbocycles. The molecule has 0 amide bonds. The molecular weight excluding hydrogens is 240 g/mol. The molecule has 1 fully saturated rings. The highest BCUT2D eigenvalue weighted by Crippen LogP contribution is 2.36. The van der Waals surface area contributed by atoms with Gasteiger partial charge in [-0.15, -0.1) is 0 Å². The molecule has 1 heterocycles. The van der Waals surface area contributed by atoms with Crippen LogP contribution in [0.25, 0.3) is 0 Å². The van der Waals surface area contributed by atoms with Crippen molar-refractivity contribution in [2.75, 3.05) is 26.7 Å². The average Bonchev–Trinajstić information content (AvgIpc) is 2.39. The average molecular weight is 264 g/mol. The molecule has 1 aromatic rings. The van der Waals surface area contributed by atoms with Crippen LogP contribution in [0.2, 0.25) is 0 Å². The van der Waals surface area contributed by atoms with Crippen molar-refractivity contribution in [3.8, 4) is 11.5 Å². The normalized spacial score (nSPS) is 19.5. The van der Waals surface area contributed by atoms with Crippen molar-refractivity contribution in [2.24, 2.45) is 5.92 Å². The topological polar surface area (TPSA) is 55.7 Å². The van der Waals surface area contributed by atoms with Crippen LogP contribution in [0.15, 0.2) is 18.2 Å². The molecule has 1 saturated heterocycles. The van der Waals surface area contributed by atoms with E-state index >= 15 is 0 Å². The number of hydrogen-bond acceptors (Lipinski definition) is 4. The Balaban J connectivity index is 2.03. The van der Waals surface area contributed by atoms with Crippen LogP contribution >= 0.6 is 0 Å². The van der Waals surface area contributed by atoms with Gasteiger partial charge in [-0.3, -0.25) is 4.90 Å². The van der Waals surface area contributed by atoms with E-state index in [1.165, 1.54) is 12.8 Å². The van der Waals surface area contributed by atoms with Gasteiger partial charge in [-0.1, -0.05) is 6.07 Å². The van der Waals surface area contributed by atoms with Crippen molar-refractivity contribution in [1.29, 1.82) is 0 Å². The Morgan fingerprint density at radius 3 is 2.37 bits per heavy atom. The first kappa shape index (κ1) is 14.2. The summed E-state index contributed by atoms with van der Waals surface area (Å²) in [7, 11) is 2.00. The van der Waals surface area contributed by atoms with E-state index in [1.807, 2.05) is 14.0 Å². The fourth-order valence-corrected chi connectivity index (χ4v) is 2.98. The van der Waals surface area contributed by atoms with Crippen molar-refractivity contribution < 1.29 is 10.2 Å². The monoisotopic (exact) mass is 264 g/mol. The molecule has 0 saturated carbocycles. The number of rotatable bonds is 4. The number of hydrogen-bond donors (Lipinski definition) is 3. The van der Waals surface area contributed by atoms with Gasteiger partial charge in [0.1, 0.15) is 11.5 Å². The maximum absolute atomic E-state index is 9.93. The molecule has 0 spiro atoms. The smallest absolute Gasteiger partial charge is 0.124 e. The molecule has 106 valence electrons. The van der Waals surface area contributed by atoms with Crippen LogP contribution < -0.4 is 5.32 Å². The lowest BCUT2D eigenvalue weighted by Crippen LogP contribution is -2.38. The first-order chi connectivity index (χ1) is 9.13. The van der Waals surface area contributed by atoms with Crippen molar-refractivity contribution in [3.63, 3.8) is 0 Å². The number of nitrogens with one attached hydrogen (secondary N) is 1. The van der Waals surface area contributed by atoms with Gasteiger partial charge in [0.15, 0.2) is 0 Å². The van der Waals surface area contributed by atoms with E-state index in [1.54, 1.807) is 18.2 Å². The Hall–Kier alpha value is -1.26. The highest BCUT2D eigenvalue weighted by Gasteiger charge is 2.26. The molecule has 1 aliphatic rings. The van der Waals surface area contributed by atoms with Crippen LogP contribution in [0.1, 0.15) is 31.4 Å². The molecule has 3 N–H and O–H groups in total. The molecule has 0 aromatic heterocycles. The second-order valence-corrected chi connectivity index (χ2v) is 5.42. The van der Waals surface area contributed by atoms with E-state index in [-0.39, 0.29) is 17.5 Å². The zero-order valence-corrected chi connectivity index (χ0v) is 11.8. The van der Waals surface area contributed by atoms with E-state index in [0.29, 0.717) is 5.56 Å². The summed E-state index contributed by atoms with van der Waals surface area (Å²) in [4.78, 5) is 2.33. The van der Waals surface area contributed by atoms with Crippen molar-refractivity contribution in [2.45, 2.75) is 25.8 Å². The number of phenols is 2. The van der Waals surface area contributed by atoms with Gasteiger partial charge in [0.2, 0.25) is 0 Å². The highest BCUT2D eigenvalue weighted by atomic mass is 16.3. The Labute approximate surface area is 115 Å². The number of nitrogens with zero attached hydrogens (tertiary/aromatic N) is 1. The summed E-state index contributed by atoms with van der Waals surface area (Å²) < 4.78 is 0. The minimum absolute atomic E-state index is 0.0525. The summed E-state index contributed by atoms with van der Waals surface area (Å²) in [5, 5.41) is 23.1. The molecule has 1 aliphatic heterocycles. The third kappa shape index (κ3) is 3.19. The van der Waals surface area contributed by atoms with Crippen LogP contribution in [0, 0.1) is 5.92 Å². The number of piperidine rings is 1. The van der Waals surface area contributed by atoms with Gasteiger partial charge < -0.3 is 15.5 Å². The second kappa shape index (κ2) is 6.26. The number of likely N-dealkylation sites (tertiary alicyclic amines) is 1. The third-order valence-corrected chi connectivity index (χ3v) is 4.17. The lowest BCUT2D eigenvalue weighted by Gasteiger charge is -2.36. The van der Waals surface area contributed by atoms with Gasteiger partial charge in [0.25, 0.3) is 0 Å². The SMILES string of the molecule is CNCC1CCN(C(C)c2c(O)cccc2O)CC1. The fraction of sp³-hybridized carbons (Fsp3) is 0.600. The third-order valence-electron chi connectivity index (χ3n) is 4.17. The standard InChI is InChI=1S/C15H24N2O2/c1-11(15-13(18)4-3-5-14(15)19)17-8-6-12(7-9-17)10-16-2/h3-5,11-12,16,18-19H,6-10H2,1-2H3. The quantitative estimate of drug-likeness (QED) is 0.779. The van der Waals surface area contributed by atoms with Crippen LogP contribution in [0.4, 0.5) is 0 Å². The van der Waals surface area contributed by atoms with Crippen molar-refractivity contribution in [3.05, 3.63) is 23.8 Å². The molecule has 1 atom stereocenters. The van der Waals surface area contributed by atoms with Gasteiger partial charge in [0, 0.05) is 6.04 Å². The van der Waals surface area contributed by atoms with Gasteiger partial charge >= 0.3 is 0 Å². The fourth-order valence-electron chi connectivity index (χ4n) is 2.98. The van der Waals surface area contributed by atoms with Gasteiger partial charge in [0.05, 0.1) is 5.56 Å². The van der Waals surface area contributed by atoms with Crippen LogP contribution in [0.5, 0.6) is 11.5 Å². The summed E-state index contributed by atoms with van der Waals surface area (Å²) in [6, 6.07) is 5.00. The Morgan fingerprint density at radius 2 is 1.84 bits per heavy atom. The predicted molar refractivity (Wildman–Crippen MR) is 76.4 cm³/mol. The van der Waals surface area contributed by atoms with E-state index in [4.69, 9.17) is 0 Å². The zero-order chi connectivity index (χ0) is 13.8. The molecule has 1 aromatic carbocycles. The number of benzene rings is 1. The predicted octanol–water partition coefficient (Wildman–Crippen LogP) is 2.09. The maximum atomic E-state index is 9.93. The molecule has 4 nitrogen and oxygen atoms in total. The van der Waals surface area contributed by atoms with E-state index < -0.39 is 0 Å². The first-order valence-corrected chi connectivity index (χ1v) is 7.03. The number of phenolic OH excluding ortho intramolecular Hbond substituents is 2. The highest BCUT2D eigenvalue weighted by molar-refractivity contribution is 5.45. The van der Waals surface area contributed by atoms with Crippen LogP contribution in [-0.2, 0) is 0 Å². The minimum Gasteiger partial charge on any atom is -0.507 e. The Morgan fingerprint density at radius 1 is 1.26 bits per heavy atom. The van der Waals surface area contributed by atoms with Crippen LogP contribution in [0.3, 0.4) is 0 Å². The summed E-state index contributed by atoms with van der Waals surface area (Å²) in [5.41, 5.74) is 0.648. The van der Waals surface area contributed by atoms with Gasteiger partial charge in [-0.25, -0.2) is 0 Å². The lowest BCUT2D eigenvalue weighted by atomic mass is 9.94. The Bertz CT molecular complexity index is 394. The molecule has 0 radical (unpaired) electrons. The molecule has 4 heteroatoms. The largest absolute Gasteiger partial charge is 0.507 e. The molecular formula is C15H24N2O2. The molecule has 1 unspecified atom stereocenters. The summed E-state index contributed by atoms with van der Waals surface area (Å²) in [5.74, 6) is 1.11. The number of aromatic hydroxyl groups is 2. The molecule has 2 rings (SSSR count). The molecule has 19 heavy (non-hydrogen) atoms. The van der Waals surface area contributed by atoms with E-state index in [0.717, 1.165) is 25.6 Å². The zero-order valence-electron chi connectivity index (χ0n) is 11.8. The second-order valence-electron chi connectivity index (χ2n) is 5.42. The lowest BCUT2D eigenvalue weighted by molar-refractivity contribution is 0.137. The van der Waals surface area contributed by atoms with Crippen molar-refractivity contribution in [1.82, 2.24) is 10.2 Å². The summed E-state index contributed by atoms with van der Waals surface area (Å²) in [6.45, 7) is 5.15. The van der Waals surface area contributed by atoms with Gasteiger partial charge in [-0.05, 0) is 64.5 Å².